The predicted molar refractivity (Wildman–Crippen MR) is 76.5 cm³/mol. The standard InChI is InChI=1S/C15H23N3O/c16-8-11-18(12-13-4-2-1-3-5-13)15(19)14-6-9-17-10-7-14/h1-5,14,17H,6-12,16H2. The molecule has 1 aromatic rings. The van der Waals surface area contributed by atoms with E-state index < -0.39 is 0 Å². The van der Waals surface area contributed by atoms with Crippen molar-refractivity contribution in [3.8, 4) is 0 Å². The van der Waals surface area contributed by atoms with Crippen LogP contribution in [0.25, 0.3) is 0 Å². The number of hydrogen-bond acceptors (Lipinski definition) is 3. The Kier molecular flexibility index (Phi) is 5.36. The van der Waals surface area contributed by atoms with E-state index in [1.54, 1.807) is 0 Å². The van der Waals surface area contributed by atoms with Gasteiger partial charge >= 0.3 is 0 Å². The lowest BCUT2D eigenvalue weighted by atomic mass is 9.96. The maximum atomic E-state index is 12.5. The number of hydrogen-bond donors (Lipinski definition) is 2. The molecule has 2 rings (SSSR count). The summed E-state index contributed by atoms with van der Waals surface area (Å²) in [6.45, 7) is 3.71. The molecule has 0 spiro atoms. The van der Waals surface area contributed by atoms with E-state index in [0.717, 1.165) is 25.9 Å². The van der Waals surface area contributed by atoms with Gasteiger partial charge in [-0.3, -0.25) is 4.79 Å². The molecule has 1 amide bonds. The highest BCUT2D eigenvalue weighted by molar-refractivity contribution is 5.79. The smallest absolute Gasteiger partial charge is 0.226 e. The van der Waals surface area contributed by atoms with Gasteiger partial charge in [-0.2, -0.15) is 0 Å². The van der Waals surface area contributed by atoms with E-state index >= 15 is 0 Å². The first kappa shape index (κ1) is 14.0. The molecule has 1 aliphatic rings. The zero-order chi connectivity index (χ0) is 13.5. The predicted octanol–water partition coefficient (Wildman–Crippen LogP) is 0.973. The topological polar surface area (TPSA) is 58.4 Å². The van der Waals surface area contributed by atoms with E-state index in [9.17, 15) is 4.79 Å². The number of piperidine rings is 1. The van der Waals surface area contributed by atoms with Crippen LogP contribution >= 0.6 is 0 Å². The molecular weight excluding hydrogens is 238 g/mol. The van der Waals surface area contributed by atoms with Gasteiger partial charge in [0, 0.05) is 25.6 Å². The monoisotopic (exact) mass is 261 g/mol. The average molecular weight is 261 g/mol. The van der Waals surface area contributed by atoms with Gasteiger partial charge in [0.2, 0.25) is 5.91 Å². The Labute approximate surface area is 115 Å². The minimum Gasteiger partial charge on any atom is -0.337 e. The Bertz CT molecular complexity index is 388. The molecule has 0 aromatic heterocycles. The van der Waals surface area contributed by atoms with Gasteiger partial charge in [-0.15, -0.1) is 0 Å². The van der Waals surface area contributed by atoms with Crippen molar-refractivity contribution in [3.05, 3.63) is 35.9 Å². The van der Waals surface area contributed by atoms with E-state index in [2.05, 4.69) is 17.4 Å². The van der Waals surface area contributed by atoms with Crippen LogP contribution in [-0.4, -0.2) is 37.0 Å². The van der Waals surface area contributed by atoms with Gasteiger partial charge in [0.15, 0.2) is 0 Å². The second-order valence-electron chi connectivity index (χ2n) is 5.06. The largest absolute Gasteiger partial charge is 0.337 e. The first-order valence-corrected chi connectivity index (χ1v) is 7.04. The summed E-state index contributed by atoms with van der Waals surface area (Å²) in [7, 11) is 0. The molecule has 0 unspecified atom stereocenters. The number of nitrogens with one attached hydrogen (secondary N) is 1. The van der Waals surface area contributed by atoms with E-state index in [1.165, 1.54) is 5.56 Å². The third kappa shape index (κ3) is 4.04. The highest BCUT2D eigenvalue weighted by Crippen LogP contribution is 2.16. The molecule has 3 N–H and O–H groups in total. The normalized spacial score (nSPS) is 16.3. The second kappa shape index (κ2) is 7.26. The summed E-state index contributed by atoms with van der Waals surface area (Å²) >= 11 is 0. The molecule has 1 aliphatic heterocycles. The summed E-state index contributed by atoms with van der Waals surface area (Å²) in [6.07, 6.45) is 1.88. The fraction of sp³-hybridized carbons (Fsp3) is 0.533. The quantitative estimate of drug-likeness (QED) is 0.830. The Morgan fingerprint density at radius 2 is 1.95 bits per heavy atom. The first-order chi connectivity index (χ1) is 9.31. The van der Waals surface area contributed by atoms with Gasteiger partial charge in [0.25, 0.3) is 0 Å². The zero-order valence-corrected chi connectivity index (χ0v) is 11.3. The van der Waals surface area contributed by atoms with E-state index in [0.29, 0.717) is 19.6 Å². The number of nitrogens with two attached hydrogens (primary N) is 1. The molecule has 4 nitrogen and oxygen atoms in total. The minimum atomic E-state index is 0.163. The molecule has 1 heterocycles. The highest BCUT2D eigenvalue weighted by atomic mass is 16.2. The first-order valence-electron chi connectivity index (χ1n) is 7.04. The molecular formula is C15H23N3O. The summed E-state index contributed by atoms with van der Waals surface area (Å²) in [5.41, 5.74) is 6.81. The molecule has 1 aromatic carbocycles. The van der Waals surface area contributed by atoms with E-state index in [4.69, 9.17) is 5.73 Å². The van der Waals surface area contributed by atoms with Crippen LogP contribution in [0.3, 0.4) is 0 Å². The van der Waals surface area contributed by atoms with Crippen molar-refractivity contribution >= 4 is 5.91 Å². The van der Waals surface area contributed by atoms with Crippen LogP contribution in [0.1, 0.15) is 18.4 Å². The number of carbonyl (C=O) groups is 1. The third-order valence-electron chi connectivity index (χ3n) is 3.62. The van der Waals surface area contributed by atoms with Crippen molar-refractivity contribution in [2.45, 2.75) is 19.4 Å². The maximum absolute atomic E-state index is 12.5. The van der Waals surface area contributed by atoms with Crippen molar-refractivity contribution < 1.29 is 4.79 Å². The van der Waals surface area contributed by atoms with Crippen molar-refractivity contribution in [3.63, 3.8) is 0 Å². The van der Waals surface area contributed by atoms with Gasteiger partial charge < -0.3 is 16.0 Å². The van der Waals surface area contributed by atoms with Crippen molar-refractivity contribution in [1.29, 1.82) is 0 Å². The van der Waals surface area contributed by atoms with Gasteiger partial charge in [-0.25, -0.2) is 0 Å². The Balaban J connectivity index is 2.00. The van der Waals surface area contributed by atoms with Crippen LogP contribution < -0.4 is 11.1 Å². The number of amides is 1. The SMILES string of the molecule is NCCN(Cc1ccccc1)C(=O)C1CCNCC1. The number of rotatable bonds is 5. The number of carbonyl (C=O) groups excluding carboxylic acids is 1. The van der Waals surface area contributed by atoms with Crippen LogP contribution in [0.4, 0.5) is 0 Å². The lowest BCUT2D eigenvalue weighted by Gasteiger charge is -2.29. The molecule has 0 radical (unpaired) electrons. The molecule has 0 saturated carbocycles. The lowest BCUT2D eigenvalue weighted by molar-refractivity contribution is -0.136. The zero-order valence-electron chi connectivity index (χ0n) is 11.3. The summed E-state index contributed by atoms with van der Waals surface area (Å²) in [5.74, 6) is 0.423. The van der Waals surface area contributed by atoms with Gasteiger partial charge in [-0.05, 0) is 31.5 Å². The Morgan fingerprint density at radius 1 is 1.26 bits per heavy atom. The molecule has 0 bridgehead atoms. The Morgan fingerprint density at radius 3 is 2.58 bits per heavy atom. The fourth-order valence-corrected chi connectivity index (χ4v) is 2.55. The number of nitrogens with zero attached hydrogens (tertiary/aromatic N) is 1. The maximum Gasteiger partial charge on any atom is 0.226 e. The second-order valence-corrected chi connectivity index (χ2v) is 5.06. The molecule has 1 fully saturated rings. The lowest BCUT2D eigenvalue weighted by Crippen LogP contribution is -2.42. The third-order valence-corrected chi connectivity index (χ3v) is 3.62. The average Bonchev–Trinajstić information content (AvgIpc) is 2.48. The number of benzene rings is 1. The van der Waals surface area contributed by atoms with Crippen molar-refractivity contribution in [1.82, 2.24) is 10.2 Å². The van der Waals surface area contributed by atoms with Crippen LogP contribution in [0, 0.1) is 5.92 Å². The molecule has 104 valence electrons. The molecule has 0 atom stereocenters. The van der Waals surface area contributed by atoms with Crippen LogP contribution in [0.15, 0.2) is 30.3 Å². The van der Waals surface area contributed by atoms with Crippen molar-refractivity contribution in [2.24, 2.45) is 11.7 Å². The van der Waals surface area contributed by atoms with Gasteiger partial charge in [0.05, 0.1) is 0 Å². The summed E-state index contributed by atoms with van der Waals surface area (Å²) in [6, 6.07) is 10.1. The van der Waals surface area contributed by atoms with Crippen LogP contribution in [0.2, 0.25) is 0 Å². The van der Waals surface area contributed by atoms with Gasteiger partial charge in [0.1, 0.15) is 0 Å². The van der Waals surface area contributed by atoms with E-state index in [1.807, 2.05) is 23.1 Å². The highest BCUT2D eigenvalue weighted by Gasteiger charge is 2.25. The summed E-state index contributed by atoms with van der Waals surface area (Å²) in [4.78, 5) is 14.4. The summed E-state index contributed by atoms with van der Waals surface area (Å²) in [5, 5.41) is 3.29. The summed E-state index contributed by atoms with van der Waals surface area (Å²) < 4.78 is 0. The molecule has 1 saturated heterocycles. The van der Waals surface area contributed by atoms with Crippen molar-refractivity contribution in [2.75, 3.05) is 26.2 Å². The molecule has 19 heavy (non-hydrogen) atoms. The molecule has 0 aliphatic carbocycles. The van der Waals surface area contributed by atoms with E-state index in [-0.39, 0.29) is 11.8 Å². The fourth-order valence-electron chi connectivity index (χ4n) is 2.55. The van der Waals surface area contributed by atoms with Gasteiger partial charge in [-0.1, -0.05) is 30.3 Å². The van der Waals surface area contributed by atoms with Crippen LogP contribution in [0.5, 0.6) is 0 Å². The Hall–Kier alpha value is -1.39. The van der Waals surface area contributed by atoms with Crippen LogP contribution in [-0.2, 0) is 11.3 Å². The minimum absolute atomic E-state index is 0.163. The molecule has 4 heteroatoms.